The summed E-state index contributed by atoms with van der Waals surface area (Å²) in [5, 5.41) is 2.85. The minimum Gasteiger partial charge on any atom is -0.395 e. The van der Waals surface area contributed by atoms with Crippen molar-refractivity contribution in [1.29, 1.82) is 0 Å². The van der Waals surface area contributed by atoms with Gasteiger partial charge in [0.05, 0.1) is 12.6 Å². The van der Waals surface area contributed by atoms with Crippen molar-refractivity contribution in [3.05, 3.63) is 18.2 Å². The third kappa shape index (κ3) is 3.92. The second-order valence-corrected chi connectivity index (χ2v) is 4.38. The molecule has 21 heavy (non-hydrogen) atoms. The van der Waals surface area contributed by atoms with Crippen LogP contribution in [0.3, 0.4) is 0 Å². The molecule has 0 saturated carbocycles. The maximum atomic E-state index is 12.9. The molecule has 7 nitrogen and oxygen atoms in total. The highest BCUT2D eigenvalue weighted by molar-refractivity contribution is 5.93. The lowest BCUT2D eigenvalue weighted by Gasteiger charge is -2.12. The van der Waals surface area contributed by atoms with Crippen LogP contribution in [0.2, 0.25) is 0 Å². The minimum atomic E-state index is -3.64. The van der Waals surface area contributed by atoms with Crippen LogP contribution in [-0.4, -0.2) is 32.0 Å². The van der Waals surface area contributed by atoms with Crippen molar-refractivity contribution in [3.63, 3.8) is 0 Å². The van der Waals surface area contributed by atoms with Gasteiger partial charge in [0.2, 0.25) is 5.96 Å². The van der Waals surface area contributed by atoms with E-state index in [0.29, 0.717) is 12.3 Å². The van der Waals surface area contributed by atoms with Gasteiger partial charge in [-0.3, -0.25) is 5.43 Å². The Morgan fingerprint density at radius 3 is 2.81 bits per heavy atom. The number of hydrogen-bond acceptors (Lipinski definition) is 5. The number of benzene rings is 1. The number of guanidine groups is 1. The molecule has 0 spiro atoms. The lowest BCUT2D eigenvalue weighted by atomic mass is 10.3. The van der Waals surface area contributed by atoms with Gasteiger partial charge in [-0.05, 0) is 19.1 Å². The molecule has 0 bridgehead atoms. The number of hydrogen-bond donors (Lipinski definition) is 3. The van der Waals surface area contributed by atoms with Gasteiger partial charge in [-0.15, -0.1) is 8.78 Å². The van der Waals surface area contributed by atoms with Gasteiger partial charge in [-0.25, -0.2) is 10.8 Å². The fraction of sp³-hybridized carbons (Fsp3) is 0.417. The van der Waals surface area contributed by atoms with Crippen LogP contribution in [-0.2, 0) is 4.74 Å². The van der Waals surface area contributed by atoms with Gasteiger partial charge in [-0.1, -0.05) is 0 Å². The Labute approximate surface area is 120 Å². The monoisotopic (exact) mass is 302 g/mol. The first-order valence-electron chi connectivity index (χ1n) is 6.14. The fourth-order valence-corrected chi connectivity index (χ4v) is 1.77. The Balaban J connectivity index is 2.10. The molecule has 0 fully saturated rings. The molecule has 9 heteroatoms. The molecular formula is C12H16F2N4O3. The topological polar surface area (TPSA) is 90.1 Å². The number of nitrogens with zero attached hydrogens (tertiary/aromatic N) is 1. The van der Waals surface area contributed by atoms with Gasteiger partial charge in [-0.2, -0.15) is 0 Å². The number of hydrazine groups is 1. The molecule has 0 amide bonds. The zero-order chi connectivity index (χ0) is 15.5. The number of aliphatic imine (C=N–C) groups is 1. The molecule has 4 N–H and O–H groups in total. The van der Waals surface area contributed by atoms with Gasteiger partial charge in [0.15, 0.2) is 11.5 Å². The van der Waals surface area contributed by atoms with E-state index in [1.807, 2.05) is 6.92 Å². The van der Waals surface area contributed by atoms with Crippen LogP contribution < -0.4 is 26.1 Å². The highest BCUT2D eigenvalue weighted by Crippen LogP contribution is 2.42. The maximum absolute atomic E-state index is 12.9. The van der Waals surface area contributed by atoms with Gasteiger partial charge in [0.25, 0.3) is 0 Å². The van der Waals surface area contributed by atoms with E-state index in [9.17, 15) is 8.78 Å². The number of nitrogens with two attached hydrogens (primary N) is 1. The number of alkyl halides is 2. The van der Waals surface area contributed by atoms with Crippen LogP contribution in [0.4, 0.5) is 14.5 Å². The van der Waals surface area contributed by atoms with Crippen molar-refractivity contribution >= 4 is 11.6 Å². The number of methoxy groups -OCH3 is 1. The predicted molar refractivity (Wildman–Crippen MR) is 72.4 cm³/mol. The normalized spacial score (nSPS) is 17.5. The number of rotatable bonds is 4. The molecule has 1 heterocycles. The summed E-state index contributed by atoms with van der Waals surface area (Å²) in [6, 6.07) is 4.14. The lowest BCUT2D eigenvalue weighted by Crippen LogP contribution is -2.37. The van der Waals surface area contributed by atoms with E-state index < -0.39 is 6.29 Å². The fourth-order valence-electron chi connectivity index (χ4n) is 1.77. The molecule has 1 aromatic carbocycles. The number of anilines is 1. The number of ether oxygens (including phenoxy) is 3. The Morgan fingerprint density at radius 2 is 2.14 bits per heavy atom. The molecule has 0 radical (unpaired) electrons. The van der Waals surface area contributed by atoms with Gasteiger partial charge in [0.1, 0.15) is 0 Å². The predicted octanol–water partition coefficient (Wildman–Crippen LogP) is 1.27. The molecular weight excluding hydrogens is 286 g/mol. The summed E-state index contributed by atoms with van der Waals surface area (Å²) in [6.07, 6.45) is -3.64. The molecule has 1 aliphatic rings. The molecule has 1 aromatic rings. The Morgan fingerprint density at radius 1 is 1.43 bits per heavy atom. The summed E-state index contributed by atoms with van der Waals surface area (Å²) < 4.78 is 39.5. The largest absolute Gasteiger partial charge is 0.586 e. The Bertz CT molecular complexity index is 539. The van der Waals surface area contributed by atoms with Gasteiger partial charge in [0, 0.05) is 18.9 Å². The van der Waals surface area contributed by atoms with E-state index >= 15 is 0 Å². The highest BCUT2D eigenvalue weighted by Gasteiger charge is 2.43. The zero-order valence-electron chi connectivity index (χ0n) is 11.5. The van der Waals surface area contributed by atoms with Crippen LogP contribution >= 0.6 is 0 Å². The Kier molecular flexibility index (Phi) is 4.43. The summed E-state index contributed by atoms with van der Waals surface area (Å²) in [5.74, 6) is 5.54. The van der Waals surface area contributed by atoms with Crippen molar-refractivity contribution in [2.75, 3.05) is 19.0 Å². The third-order valence-corrected chi connectivity index (χ3v) is 2.56. The summed E-state index contributed by atoms with van der Waals surface area (Å²) in [6.45, 7) is 2.25. The highest BCUT2D eigenvalue weighted by atomic mass is 19.3. The lowest BCUT2D eigenvalue weighted by molar-refractivity contribution is -0.286. The van der Waals surface area contributed by atoms with Crippen molar-refractivity contribution in [1.82, 2.24) is 5.43 Å². The third-order valence-electron chi connectivity index (χ3n) is 2.56. The average Bonchev–Trinajstić information content (AvgIpc) is 2.71. The van der Waals surface area contributed by atoms with E-state index in [1.165, 1.54) is 18.2 Å². The van der Waals surface area contributed by atoms with Crippen LogP contribution in [0.25, 0.3) is 0 Å². The summed E-state index contributed by atoms with van der Waals surface area (Å²) in [5.41, 5.74) is 2.86. The van der Waals surface area contributed by atoms with Crippen LogP contribution in [0, 0.1) is 0 Å². The molecule has 2 rings (SSSR count). The molecule has 0 aliphatic carbocycles. The minimum absolute atomic E-state index is 0.0301. The Hall–Kier alpha value is -2.13. The van der Waals surface area contributed by atoms with Gasteiger partial charge >= 0.3 is 6.29 Å². The number of fused-ring (bicyclic) bond motifs is 1. The summed E-state index contributed by atoms with van der Waals surface area (Å²) >= 11 is 0. The average molecular weight is 302 g/mol. The maximum Gasteiger partial charge on any atom is 0.586 e. The summed E-state index contributed by atoms with van der Waals surface area (Å²) in [4.78, 5) is 4.23. The molecule has 1 unspecified atom stereocenters. The van der Waals surface area contributed by atoms with E-state index in [4.69, 9.17) is 10.6 Å². The van der Waals surface area contributed by atoms with Crippen molar-refractivity contribution in [2.45, 2.75) is 19.3 Å². The van der Waals surface area contributed by atoms with Gasteiger partial charge < -0.3 is 19.5 Å². The zero-order valence-corrected chi connectivity index (χ0v) is 11.5. The first-order valence-corrected chi connectivity index (χ1v) is 6.14. The van der Waals surface area contributed by atoms with E-state index in [2.05, 4.69) is 25.2 Å². The van der Waals surface area contributed by atoms with Crippen molar-refractivity contribution < 1.29 is 23.0 Å². The van der Waals surface area contributed by atoms with Crippen molar-refractivity contribution in [2.24, 2.45) is 10.8 Å². The molecule has 1 aliphatic heterocycles. The van der Waals surface area contributed by atoms with Crippen LogP contribution in [0.1, 0.15) is 6.92 Å². The smallest absolute Gasteiger partial charge is 0.395 e. The second-order valence-electron chi connectivity index (χ2n) is 4.38. The molecule has 0 aromatic heterocycles. The first kappa shape index (κ1) is 15.3. The number of nitrogens with one attached hydrogen (secondary N) is 2. The molecule has 0 saturated heterocycles. The first-order chi connectivity index (χ1) is 9.93. The van der Waals surface area contributed by atoms with E-state index in [-0.39, 0.29) is 23.5 Å². The molecule has 1 atom stereocenters. The van der Waals surface area contributed by atoms with Crippen LogP contribution in [0.5, 0.6) is 11.5 Å². The molecule has 116 valence electrons. The second kappa shape index (κ2) is 6.10. The van der Waals surface area contributed by atoms with E-state index in [1.54, 1.807) is 7.11 Å². The van der Waals surface area contributed by atoms with Crippen LogP contribution in [0.15, 0.2) is 23.2 Å². The summed E-state index contributed by atoms with van der Waals surface area (Å²) in [7, 11) is 1.56. The quantitative estimate of drug-likeness (QED) is 0.336. The number of halogens is 2. The van der Waals surface area contributed by atoms with E-state index in [0.717, 1.165) is 0 Å². The SMILES string of the molecule is COCC(C)N=C(NN)Nc1ccc2c(c1)OC(F)(F)O2. The van der Waals surface area contributed by atoms with Crippen molar-refractivity contribution in [3.8, 4) is 11.5 Å². The standard InChI is InChI=1S/C12H16F2N4O3/c1-7(6-19-2)16-11(18-15)17-8-3-4-9-10(5-8)21-12(13,14)20-9/h3-5,7H,6,15H2,1-2H3,(H2,16,17,18).